The second-order valence-electron chi connectivity index (χ2n) is 5.84. The summed E-state index contributed by atoms with van der Waals surface area (Å²) >= 11 is 0. The molecular weight excluding hydrogens is 296 g/mol. The zero-order chi connectivity index (χ0) is 16.7. The molecule has 0 amide bonds. The van der Waals surface area contributed by atoms with Crippen LogP contribution in [0.3, 0.4) is 0 Å². The minimum Gasteiger partial charge on any atom is -0.464 e. The van der Waals surface area contributed by atoms with E-state index in [1.165, 1.54) is 6.92 Å². The molecule has 0 N–H and O–H groups in total. The number of piperazine rings is 1. The Balaban J connectivity index is 1.82. The number of carbonyl (C=O) groups is 2. The van der Waals surface area contributed by atoms with Gasteiger partial charge in [-0.1, -0.05) is 30.3 Å². The van der Waals surface area contributed by atoms with E-state index in [0.717, 1.165) is 25.2 Å². The number of hydrogen-bond acceptors (Lipinski definition) is 6. The number of ether oxygens (including phenoxy) is 2. The lowest BCUT2D eigenvalue weighted by atomic mass is 10.2. The number of benzene rings is 1. The first kappa shape index (κ1) is 17.4. The topological polar surface area (TPSA) is 59.1 Å². The van der Waals surface area contributed by atoms with Crippen LogP contribution in [0.2, 0.25) is 0 Å². The molecule has 2 rings (SSSR count). The maximum Gasteiger partial charge on any atom is 0.320 e. The van der Waals surface area contributed by atoms with E-state index in [4.69, 9.17) is 9.47 Å². The molecule has 1 aliphatic heterocycles. The summed E-state index contributed by atoms with van der Waals surface area (Å²) in [6.45, 7) is 4.58. The van der Waals surface area contributed by atoms with Crippen molar-refractivity contribution in [3.8, 4) is 0 Å². The van der Waals surface area contributed by atoms with Crippen LogP contribution in [0.25, 0.3) is 0 Å². The Kier molecular flexibility index (Phi) is 6.55. The summed E-state index contributed by atoms with van der Waals surface area (Å²) in [5.74, 6) is -0.559. The van der Waals surface area contributed by atoms with Gasteiger partial charge in [0.1, 0.15) is 13.2 Å². The van der Waals surface area contributed by atoms with Gasteiger partial charge in [0.25, 0.3) is 0 Å². The van der Waals surface area contributed by atoms with E-state index in [1.807, 2.05) is 42.3 Å². The molecule has 0 saturated carbocycles. The highest BCUT2D eigenvalue weighted by Gasteiger charge is 2.28. The third kappa shape index (κ3) is 6.00. The summed E-state index contributed by atoms with van der Waals surface area (Å²) < 4.78 is 10.4. The van der Waals surface area contributed by atoms with Crippen LogP contribution >= 0.6 is 0 Å². The number of likely N-dealkylation sites (N-methyl/N-ethyl adjacent to an activating group) is 1. The summed E-state index contributed by atoms with van der Waals surface area (Å²) in [5.41, 5.74) is 0.968. The molecule has 1 aliphatic rings. The van der Waals surface area contributed by atoms with E-state index in [2.05, 4.69) is 4.90 Å². The fourth-order valence-corrected chi connectivity index (χ4v) is 2.58. The smallest absolute Gasteiger partial charge is 0.320 e. The highest BCUT2D eigenvalue weighted by Crippen LogP contribution is 2.10. The van der Waals surface area contributed by atoms with Crippen molar-refractivity contribution >= 4 is 11.9 Å². The molecular formula is C17H24N2O4. The van der Waals surface area contributed by atoms with Crippen LogP contribution in [0.1, 0.15) is 12.5 Å². The van der Waals surface area contributed by atoms with Crippen molar-refractivity contribution in [2.75, 3.05) is 39.8 Å². The molecule has 0 radical (unpaired) electrons. The zero-order valence-corrected chi connectivity index (χ0v) is 13.7. The Morgan fingerprint density at radius 2 is 1.91 bits per heavy atom. The van der Waals surface area contributed by atoms with E-state index in [1.54, 1.807) is 0 Å². The number of esters is 2. The molecule has 1 saturated heterocycles. The molecule has 1 aromatic rings. The van der Waals surface area contributed by atoms with Crippen LogP contribution in [-0.4, -0.2) is 67.6 Å². The molecule has 1 heterocycles. The Labute approximate surface area is 137 Å². The van der Waals surface area contributed by atoms with Gasteiger partial charge < -0.3 is 14.4 Å². The number of rotatable bonds is 6. The van der Waals surface area contributed by atoms with Gasteiger partial charge in [-0.05, 0) is 12.6 Å². The lowest BCUT2D eigenvalue weighted by Crippen LogP contribution is -2.55. The average molecular weight is 320 g/mol. The highest BCUT2D eigenvalue weighted by molar-refractivity contribution is 5.71. The third-order valence-electron chi connectivity index (χ3n) is 3.86. The molecule has 0 aromatic heterocycles. The van der Waals surface area contributed by atoms with E-state index in [0.29, 0.717) is 6.61 Å². The van der Waals surface area contributed by atoms with E-state index >= 15 is 0 Å². The molecule has 6 heteroatoms. The van der Waals surface area contributed by atoms with Gasteiger partial charge in [-0.2, -0.15) is 0 Å². The van der Waals surface area contributed by atoms with Gasteiger partial charge in [0.05, 0.1) is 12.6 Å². The van der Waals surface area contributed by atoms with Crippen LogP contribution in [0.15, 0.2) is 30.3 Å². The maximum atomic E-state index is 12.1. The molecule has 1 fully saturated rings. The third-order valence-corrected chi connectivity index (χ3v) is 3.86. The normalized spacial score (nSPS) is 19.3. The fourth-order valence-electron chi connectivity index (χ4n) is 2.58. The lowest BCUT2D eigenvalue weighted by molar-refractivity contribution is -0.149. The van der Waals surface area contributed by atoms with Crippen LogP contribution in [0, 0.1) is 0 Å². The van der Waals surface area contributed by atoms with Crippen molar-refractivity contribution in [1.29, 1.82) is 0 Å². The van der Waals surface area contributed by atoms with Gasteiger partial charge in [0.2, 0.25) is 0 Å². The first-order valence-corrected chi connectivity index (χ1v) is 7.80. The van der Waals surface area contributed by atoms with Crippen molar-refractivity contribution in [1.82, 2.24) is 9.80 Å². The average Bonchev–Trinajstić information content (AvgIpc) is 2.54. The number of nitrogens with zero attached hydrogens (tertiary/aromatic N) is 2. The first-order chi connectivity index (χ1) is 11.0. The van der Waals surface area contributed by atoms with E-state index in [-0.39, 0.29) is 31.1 Å². The quantitative estimate of drug-likeness (QED) is 0.726. The molecule has 126 valence electrons. The Morgan fingerprint density at radius 1 is 1.17 bits per heavy atom. The predicted octanol–water partition coefficient (Wildman–Crippen LogP) is 0.909. The standard InChI is InChI=1S/C17H24N2O4/c1-14(20)22-13-16-10-18(2)8-9-19(16)11-17(21)23-12-15-6-4-3-5-7-15/h3-7,16H,8-13H2,1-2H3. The van der Waals surface area contributed by atoms with E-state index < -0.39 is 0 Å². The van der Waals surface area contributed by atoms with Crippen LogP contribution in [-0.2, 0) is 25.7 Å². The minimum atomic E-state index is -0.301. The minimum absolute atomic E-state index is 0.0157. The summed E-state index contributed by atoms with van der Waals surface area (Å²) in [6, 6.07) is 9.62. The predicted molar refractivity (Wildman–Crippen MR) is 85.7 cm³/mol. The molecule has 0 aliphatic carbocycles. The summed E-state index contributed by atoms with van der Waals surface area (Å²) in [7, 11) is 2.02. The fraction of sp³-hybridized carbons (Fsp3) is 0.529. The summed E-state index contributed by atoms with van der Waals surface area (Å²) in [4.78, 5) is 27.3. The Morgan fingerprint density at radius 3 is 2.61 bits per heavy atom. The van der Waals surface area contributed by atoms with Gasteiger partial charge in [0, 0.05) is 26.6 Å². The molecule has 6 nitrogen and oxygen atoms in total. The SMILES string of the molecule is CC(=O)OCC1CN(C)CCN1CC(=O)OCc1ccccc1. The molecule has 1 atom stereocenters. The van der Waals surface area contributed by atoms with Crippen molar-refractivity contribution in [3.05, 3.63) is 35.9 Å². The Hall–Kier alpha value is -1.92. The number of hydrogen-bond donors (Lipinski definition) is 0. The largest absolute Gasteiger partial charge is 0.464 e. The molecule has 23 heavy (non-hydrogen) atoms. The Bertz CT molecular complexity index is 521. The van der Waals surface area contributed by atoms with Crippen molar-refractivity contribution in [2.24, 2.45) is 0 Å². The van der Waals surface area contributed by atoms with Gasteiger partial charge >= 0.3 is 11.9 Å². The van der Waals surface area contributed by atoms with Crippen LogP contribution in [0.4, 0.5) is 0 Å². The molecule has 0 spiro atoms. The van der Waals surface area contributed by atoms with Gasteiger partial charge in [-0.15, -0.1) is 0 Å². The lowest BCUT2D eigenvalue weighted by Gasteiger charge is -2.38. The van der Waals surface area contributed by atoms with Gasteiger partial charge in [-0.25, -0.2) is 0 Å². The summed E-state index contributed by atoms with van der Waals surface area (Å²) in [6.07, 6.45) is 0. The zero-order valence-electron chi connectivity index (χ0n) is 13.7. The van der Waals surface area contributed by atoms with Crippen molar-refractivity contribution in [2.45, 2.75) is 19.6 Å². The molecule has 0 bridgehead atoms. The van der Waals surface area contributed by atoms with Gasteiger partial charge in [-0.3, -0.25) is 14.5 Å². The van der Waals surface area contributed by atoms with Crippen molar-refractivity contribution < 1.29 is 19.1 Å². The maximum absolute atomic E-state index is 12.1. The molecule has 1 unspecified atom stereocenters. The molecule has 1 aromatic carbocycles. The van der Waals surface area contributed by atoms with Crippen LogP contribution < -0.4 is 0 Å². The second-order valence-corrected chi connectivity index (χ2v) is 5.84. The van der Waals surface area contributed by atoms with E-state index in [9.17, 15) is 9.59 Å². The highest BCUT2D eigenvalue weighted by atomic mass is 16.5. The monoisotopic (exact) mass is 320 g/mol. The van der Waals surface area contributed by atoms with Crippen LogP contribution in [0.5, 0.6) is 0 Å². The van der Waals surface area contributed by atoms with Gasteiger partial charge in [0.15, 0.2) is 0 Å². The first-order valence-electron chi connectivity index (χ1n) is 7.80. The van der Waals surface area contributed by atoms with Crippen molar-refractivity contribution in [3.63, 3.8) is 0 Å². The summed E-state index contributed by atoms with van der Waals surface area (Å²) in [5, 5.41) is 0. The second kappa shape index (κ2) is 8.64. The number of carbonyl (C=O) groups excluding carboxylic acids is 2.